The van der Waals surface area contributed by atoms with Gasteiger partial charge in [-0.1, -0.05) is 25.8 Å². The molecule has 0 saturated heterocycles. The molecule has 7 heteroatoms. The number of H-pyrrole nitrogens is 1. The number of hydrogen-bond donors (Lipinski definition) is 2. The maximum atomic E-state index is 14.4. The molecular weight excluding hydrogens is 343 g/mol. The second-order valence-electron chi connectivity index (χ2n) is 6.96. The van der Waals surface area contributed by atoms with Crippen LogP contribution < -0.4 is 10.8 Å². The molecule has 1 aliphatic carbocycles. The Morgan fingerprint density at radius 3 is 2.93 bits per heavy atom. The van der Waals surface area contributed by atoms with Crippen molar-refractivity contribution in [2.24, 2.45) is 12.0 Å². The number of aryl methyl sites for hydroxylation is 1. The van der Waals surface area contributed by atoms with Gasteiger partial charge in [-0.15, -0.1) is 0 Å². The van der Waals surface area contributed by atoms with Gasteiger partial charge < -0.3 is 14.9 Å². The average Bonchev–Trinajstić information content (AvgIpc) is 3.08. The Labute approximate surface area is 156 Å². The summed E-state index contributed by atoms with van der Waals surface area (Å²) >= 11 is 0. The van der Waals surface area contributed by atoms with E-state index in [0.29, 0.717) is 12.0 Å². The van der Waals surface area contributed by atoms with E-state index in [1.54, 1.807) is 17.8 Å². The van der Waals surface area contributed by atoms with Gasteiger partial charge in [0.1, 0.15) is 5.65 Å². The van der Waals surface area contributed by atoms with Crippen molar-refractivity contribution in [3.05, 3.63) is 48.7 Å². The fourth-order valence-corrected chi connectivity index (χ4v) is 3.71. The first-order valence-corrected chi connectivity index (χ1v) is 9.27. The van der Waals surface area contributed by atoms with Crippen LogP contribution in [0, 0.1) is 5.82 Å². The summed E-state index contributed by atoms with van der Waals surface area (Å²) in [5, 5.41) is 4.29. The summed E-state index contributed by atoms with van der Waals surface area (Å²) in [7, 11) is 1.76. The molecule has 3 heterocycles. The summed E-state index contributed by atoms with van der Waals surface area (Å²) in [6.45, 7) is 3.53. The SMILES string of the molecule is C=CN=c1c(F)cc(-c2c[nH]c3nc(NC4CCCCC4)ncc23)cn1C. The molecule has 0 aromatic carbocycles. The molecule has 3 aromatic rings. The highest BCUT2D eigenvalue weighted by Crippen LogP contribution is 2.28. The van der Waals surface area contributed by atoms with Crippen LogP contribution in [0.3, 0.4) is 0 Å². The number of anilines is 1. The number of rotatable bonds is 4. The molecule has 0 unspecified atom stereocenters. The van der Waals surface area contributed by atoms with Gasteiger partial charge in [-0.05, 0) is 18.9 Å². The number of aromatic nitrogens is 4. The fourth-order valence-electron chi connectivity index (χ4n) is 3.71. The predicted octanol–water partition coefficient (Wildman–Crippen LogP) is 3.89. The van der Waals surface area contributed by atoms with Crippen molar-refractivity contribution in [3.63, 3.8) is 0 Å². The van der Waals surface area contributed by atoms with Gasteiger partial charge in [0.15, 0.2) is 11.3 Å². The number of pyridine rings is 1. The zero-order valence-electron chi connectivity index (χ0n) is 15.4. The molecule has 0 aliphatic heterocycles. The van der Waals surface area contributed by atoms with Crippen molar-refractivity contribution < 1.29 is 4.39 Å². The van der Waals surface area contributed by atoms with Crippen LogP contribution in [-0.2, 0) is 7.05 Å². The Kier molecular flexibility index (Phi) is 4.75. The molecule has 140 valence electrons. The smallest absolute Gasteiger partial charge is 0.224 e. The van der Waals surface area contributed by atoms with Gasteiger partial charge in [0.2, 0.25) is 5.95 Å². The molecule has 0 bridgehead atoms. The van der Waals surface area contributed by atoms with E-state index in [1.807, 2.05) is 12.4 Å². The minimum Gasteiger partial charge on any atom is -0.351 e. The quantitative estimate of drug-likeness (QED) is 0.736. The molecule has 0 spiro atoms. The minimum atomic E-state index is -0.402. The zero-order valence-corrected chi connectivity index (χ0v) is 15.4. The van der Waals surface area contributed by atoms with Crippen LogP contribution in [0.5, 0.6) is 0 Å². The van der Waals surface area contributed by atoms with E-state index in [4.69, 9.17) is 0 Å². The van der Waals surface area contributed by atoms with Gasteiger partial charge in [-0.2, -0.15) is 4.98 Å². The monoisotopic (exact) mass is 366 g/mol. The van der Waals surface area contributed by atoms with Crippen LogP contribution in [0.25, 0.3) is 22.2 Å². The third kappa shape index (κ3) is 3.49. The third-order valence-electron chi connectivity index (χ3n) is 5.06. The summed E-state index contributed by atoms with van der Waals surface area (Å²) in [5.41, 5.74) is 2.57. The summed E-state index contributed by atoms with van der Waals surface area (Å²) in [6.07, 6.45) is 12.9. The normalized spacial score (nSPS) is 16.0. The second kappa shape index (κ2) is 7.34. The third-order valence-corrected chi connectivity index (χ3v) is 5.06. The Morgan fingerprint density at radius 2 is 2.19 bits per heavy atom. The number of fused-ring (bicyclic) bond motifs is 1. The Morgan fingerprint density at radius 1 is 1.37 bits per heavy atom. The molecule has 0 atom stereocenters. The highest BCUT2D eigenvalue weighted by Gasteiger charge is 2.16. The summed E-state index contributed by atoms with van der Waals surface area (Å²) in [5.74, 6) is 0.237. The van der Waals surface area contributed by atoms with Crippen molar-refractivity contribution in [2.45, 2.75) is 38.1 Å². The molecule has 0 amide bonds. The topological polar surface area (TPSA) is 70.9 Å². The number of halogens is 1. The predicted molar refractivity (Wildman–Crippen MR) is 105 cm³/mol. The molecule has 3 aromatic heterocycles. The van der Waals surface area contributed by atoms with Gasteiger partial charge in [0, 0.05) is 54.4 Å². The molecule has 1 fully saturated rings. The molecule has 1 saturated carbocycles. The van der Waals surface area contributed by atoms with Crippen LogP contribution in [0.15, 0.2) is 42.4 Å². The number of aromatic amines is 1. The van der Waals surface area contributed by atoms with Crippen molar-refractivity contribution >= 4 is 17.0 Å². The van der Waals surface area contributed by atoms with Gasteiger partial charge in [0.25, 0.3) is 0 Å². The van der Waals surface area contributed by atoms with E-state index in [2.05, 4.69) is 31.8 Å². The van der Waals surface area contributed by atoms with E-state index in [9.17, 15) is 4.39 Å². The van der Waals surface area contributed by atoms with Crippen molar-refractivity contribution in [3.8, 4) is 11.1 Å². The Hall–Kier alpha value is -2.96. The van der Waals surface area contributed by atoms with E-state index >= 15 is 0 Å². The first-order valence-electron chi connectivity index (χ1n) is 9.27. The highest BCUT2D eigenvalue weighted by molar-refractivity contribution is 5.93. The van der Waals surface area contributed by atoms with E-state index in [-0.39, 0.29) is 5.49 Å². The summed E-state index contributed by atoms with van der Waals surface area (Å²) < 4.78 is 16.0. The van der Waals surface area contributed by atoms with Crippen LogP contribution in [0.2, 0.25) is 0 Å². The largest absolute Gasteiger partial charge is 0.351 e. The zero-order chi connectivity index (χ0) is 18.8. The average molecular weight is 366 g/mol. The highest BCUT2D eigenvalue weighted by atomic mass is 19.1. The Balaban J connectivity index is 1.67. The van der Waals surface area contributed by atoms with Crippen molar-refractivity contribution in [1.82, 2.24) is 19.5 Å². The lowest BCUT2D eigenvalue weighted by atomic mass is 9.96. The van der Waals surface area contributed by atoms with Crippen LogP contribution >= 0.6 is 0 Å². The molecule has 1 aliphatic rings. The minimum absolute atomic E-state index is 0.240. The van der Waals surface area contributed by atoms with Crippen LogP contribution in [0.1, 0.15) is 32.1 Å². The summed E-state index contributed by atoms with van der Waals surface area (Å²) in [4.78, 5) is 16.2. The van der Waals surface area contributed by atoms with Gasteiger partial charge >= 0.3 is 0 Å². The standard InChI is InChI=1S/C20H23FN6/c1-3-22-19-17(21)9-13(12-27(19)2)15-10-23-18-16(15)11-24-20(26-18)25-14-7-5-4-6-8-14/h3,9-12,14H,1,4-8H2,2H3,(H2,23,24,25,26). The molecular formula is C20H23FN6. The van der Waals surface area contributed by atoms with Crippen molar-refractivity contribution in [2.75, 3.05) is 5.32 Å². The van der Waals surface area contributed by atoms with E-state index in [0.717, 1.165) is 35.0 Å². The van der Waals surface area contributed by atoms with Gasteiger partial charge in [-0.3, -0.25) is 0 Å². The maximum absolute atomic E-state index is 14.4. The van der Waals surface area contributed by atoms with E-state index < -0.39 is 5.82 Å². The van der Waals surface area contributed by atoms with Gasteiger partial charge in [0.05, 0.1) is 0 Å². The van der Waals surface area contributed by atoms with E-state index in [1.165, 1.54) is 31.5 Å². The number of hydrogen-bond acceptors (Lipinski definition) is 4. The second-order valence-corrected chi connectivity index (χ2v) is 6.96. The first kappa shape index (κ1) is 17.5. The lowest BCUT2D eigenvalue weighted by molar-refractivity contribution is 0.461. The molecule has 2 N–H and O–H groups in total. The first-order chi connectivity index (χ1) is 13.2. The fraction of sp³-hybridized carbons (Fsp3) is 0.350. The number of nitrogens with one attached hydrogen (secondary N) is 2. The van der Waals surface area contributed by atoms with Crippen LogP contribution in [0.4, 0.5) is 10.3 Å². The van der Waals surface area contributed by atoms with Crippen molar-refractivity contribution in [1.29, 1.82) is 0 Å². The van der Waals surface area contributed by atoms with Crippen LogP contribution in [-0.4, -0.2) is 25.6 Å². The lowest BCUT2D eigenvalue weighted by Crippen LogP contribution is -2.23. The molecule has 27 heavy (non-hydrogen) atoms. The number of nitrogens with zero attached hydrogens (tertiary/aromatic N) is 4. The van der Waals surface area contributed by atoms with Gasteiger partial charge in [-0.25, -0.2) is 14.4 Å². The summed E-state index contributed by atoms with van der Waals surface area (Å²) in [6, 6.07) is 1.92. The molecule has 4 rings (SSSR count). The maximum Gasteiger partial charge on any atom is 0.224 e. The molecule has 0 radical (unpaired) electrons. The molecule has 6 nitrogen and oxygen atoms in total. The lowest BCUT2D eigenvalue weighted by Gasteiger charge is -2.22. The Bertz CT molecular complexity index is 1020.